The molecule has 2 aliphatic rings. The highest BCUT2D eigenvalue weighted by molar-refractivity contribution is 4.91. The van der Waals surface area contributed by atoms with Crippen LogP contribution in [0.3, 0.4) is 0 Å². The summed E-state index contributed by atoms with van der Waals surface area (Å²) in [6.45, 7) is 2.22. The molecule has 2 aliphatic carbocycles. The third-order valence-electron chi connectivity index (χ3n) is 4.48. The summed E-state index contributed by atoms with van der Waals surface area (Å²) in [6.07, 6.45) is 16.4. The van der Waals surface area contributed by atoms with Crippen LogP contribution >= 0.6 is 0 Å². The highest BCUT2D eigenvalue weighted by atomic mass is 14.9. The maximum absolute atomic E-state index is 5.35. The fraction of sp³-hybridized carbons (Fsp3) is 0.867. The van der Waals surface area contributed by atoms with Gasteiger partial charge in [0.25, 0.3) is 0 Å². The van der Waals surface area contributed by atoms with Crippen molar-refractivity contribution in [3.8, 4) is 12.3 Å². The van der Waals surface area contributed by atoms with Crippen LogP contribution in [0.1, 0.15) is 58.3 Å². The molecule has 16 heavy (non-hydrogen) atoms. The minimum absolute atomic E-state index is 0.496. The lowest BCUT2D eigenvalue weighted by atomic mass is 9.69. The molecule has 2 saturated carbocycles. The number of hydrogen-bond acceptors (Lipinski definition) is 1. The van der Waals surface area contributed by atoms with E-state index >= 15 is 0 Å². The summed E-state index contributed by atoms with van der Waals surface area (Å²) in [6, 6.07) is 1.23. The summed E-state index contributed by atoms with van der Waals surface area (Å²) in [7, 11) is 0. The monoisotopic (exact) mass is 219 g/mol. The number of terminal acetylenes is 1. The standard InChI is InChI=1S/C15H25N/c1-3-6-12(2)16-15-10-9-13-7-4-5-8-14(13)11-15/h1,12-16H,4-11H2,2H3. The Balaban J connectivity index is 1.79. The van der Waals surface area contributed by atoms with Crippen molar-refractivity contribution in [3.05, 3.63) is 0 Å². The van der Waals surface area contributed by atoms with Crippen LogP contribution in [0, 0.1) is 24.2 Å². The van der Waals surface area contributed by atoms with Crippen LogP contribution in [0.5, 0.6) is 0 Å². The van der Waals surface area contributed by atoms with Crippen LogP contribution in [0.2, 0.25) is 0 Å². The second-order valence-electron chi connectivity index (χ2n) is 5.79. The van der Waals surface area contributed by atoms with Gasteiger partial charge >= 0.3 is 0 Å². The molecule has 0 heterocycles. The molecule has 0 radical (unpaired) electrons. The smallest absolute Gasteiger partial charge is 0.0238 e. The molecule has 0 amide bonds. The highest BCUT2D eigenvalue weighted by Gasteiger charge is 2.32. The Kier molecular flexibility index (Phi) is 4.29. The molecule has 0 aliphatic heterocycles. The molecule has 1 N–H and O–H groups in total. The molecule has 1 heteroatoms. The molecular weight excluding hydrogens is 194 g/mol. The van der Waals surface area contributed by atoms with Gasteiger partial charge in [0, 0.05) is 18.5 Å². The quantitative estimate of drug-likeness (QED) is 0.718. The summed E-state index contributed by atoms with van der Waals surface area (Å²) < 4.78 is 0. The van der Waals surface area contributed by atoms with Gasteiger partial charge in [0.1, 0.15) is 0 Å². The summed E-state index contributed by atoms with van der Waals surface area (Å²) in [5, 5.41) is 3.71. The molecule has 2 fully saturated rings. The molecular formula is C15H25N. The first-order chi connectivity index (χ1) is 7.79. The number of nitrogens with one attached hydrogen (secondary N) is 1. The second kappa shape index (κ2) is 5.73. The van der Waals surface area contributed by atoms with E-state index in [1.54, 1.807) is 0 Å². The maximum Gasteiger partial charge on any atom is 0.0238 e. The van der Waals surface area contributed by atoms with Crippen molar-refractivity contribution in [1.82, 2.24) is 5.32 Å². The Morgan fingerprint density at radius 2 is 1.94 bits per heavy atom. The largest absolute Gasteiger partial charge is 0.311 e. The van der Waals surface area contributed by atoms with Gasteiger partial charge in [-0.2, -0.15) is 0 Å². The molecule has 2 rings (SSSR count). The van der Waals surface area contributed by atoms with Gasteiger partial charge in [-0.3, -0.25) is 0 Å². The number of hydrogen-bond donors (Lipinski definition) is 1. The third-order valence-corrected chi connectivity index (χ3v) is 4.48. The Labute approximate surface area is 100 Å². The van der Waals surface area contributed by atoms with Crippen LogP contribution in [-0.4, -0.2) is 12.1 Å². The van der Waals surface area contributed by atoms with Crippen LogP contribution in [0.4, 0.5) is 0 Å². The lowest BCUT2D eigenvalue weighted by Crippen LogP contribution is -2.42. The Morgan fingerprint density at radius 1 is 1.19 bits per heavy atom. The minimum Gasteiger partial charge on any atom is -0.311 e. The molecule has 4 unspecified atom stereocenters. The fourth-order valence-electron chi connectivity index (χ4n) is 3.66. The fourth-order valence-corrected chi connectivity index (χ4v) is 3.66. The summed E-state index contributed by atoms with van der Waals surface area (Å²) in [5.74, 6) is 4.81. The molecule has 90 valence electrons. The van der Waals surface area contributed by atoms with E-state index in [4.69, 9.17) is 6.42 Å². The van der Waals surface area contributed by atoms with Gasteiger partial charge in [-0.1, -0.05) is 25.7 Å². The lowest BCUT2D eigenvalue weighted by molar-refractivity contribution is 0.139. The summed E-state index contributed by atoms with van der Waals surface area (Å²) >= 11 is 0. The lowest BCUT2D eigenvalue weighted by Gasteiger charge is -2.40. The molecule has 0 aromatic heterocycles. The Hall–Kier alpha value is -0.480. The number of fused-ring (bicyclic) bond motifs is 1. The number of rotatable bonds is 3. The van der Waals surface area contributed by atoms with Gasteiger partial charge in [0.2, 0.25) is 0 Å². The van der Waals surface area contributed by atoms with Crippen molar-refractivity contribution in [1.29, 1.82) is 0 Å². The highest BCUT2D eigenvalue weighted by Crippen LogP contribution is 2.40. The zero-order valence-corrected chi connectivity index (χ0v) is 10.5. The van der Waals surface area contributed by atoms with Gasteiger partial charge < -0.3 is 5.32 Å². The van der Waals surface area contributed by atoms with E-state index in [2.05, 4.69) is 18.2 Å². The molecule has 0 aromatic carbocycles. The zero-order chi connectivity index (χ0) is 11.4. The molecule has 0 spiro atoms. The summed E-state index contributed by atoms with van der Waals surface area (Å²) in [4.78, 5) is 0. The van der Waals surface area contributed by atoms with Gasteiger partial charge in [-0.25, -0.2) is 0 Å². The molecule has 0 bridgehead atoms. The Morgan fingerprint density at radius 3 is 2.69 bits per heavy atom. The predicted molar refractivity (Wildman–Crippen MR) is 69.1 cm³/mol. The first-order valence-electron chi connectivity index (χ1n) is 6.99. The normalized spacial score (nSPS) is 36.1. The van der Waals surface area contributed by atoms with Gasteiger partial charge in [0.05, 0.1) is 0 Å². The van der Waals surface area contributed by atoms with E-state index in [0.717, 1.165) is 24.3 Å². The predicted octanol–water partition coefficient (Wildman–Crippen LogP) is 3.35. The second-order valence-corrected chi connectivity index (χ2v) is 5.79. The van der Waals surface area contributed by atoms with Crippen LogP contribution in [0.25, 0.3) is 0 Å². The van der Waals surface area contributed by atoms with Crippen molar-refractivity contribution < 1.29 is 0 Å². The maximum atomic E-state index is 5.35. The zero-order valence-electron chi connectivity index (χ0n) is 10.5. The molecule has 0 aromatic rings. The van der Waals surface area contributed by atoms with E-state index in [1.165, 1.54) is 44.9 Å². The van der Waals surface area contributed by atoms with Crippen LogP contribution in [0.15, 0.2) is 0 Å². The van der Waals surface area contributed by atoms with E-state index in [-0.39, 0.29) is 0 Å². The first-order valence-corrected chi connectivity index (χ1v) is 6.99. The average molecular weight is 219 g/mol. The topological polar surface area (TPSA) is 12.0 Å². The van der Waals surface area contributed by atoms with E-state index in [1.807, 2.05) is 0 Å². The van der Waals surface area contributed by atoms with E-state index in [9.17, 15) is 0 Å². The van der Waals surface area contributed by atoms with E-state index in [0.29, 0.717) is 6.04 Å². The molecule has 0 saturated heterocycles. The Bertz CT molecular complexity index is 253. The molecule has 4 atom stereocenters. The average Bonchev–Trinajstić information content (AvgIpc) is 2.29. The van der Waals surface area contributed by atoms with E-state index < -0.39 is 0 Å². The third kappa shape index (κ3) is 3.01. The first kappa shape index (κ1) is 12.0. The molecule has 1 nitrogen and oxygen atoms in total. The van der Waals surface area contributed by atoms with Crippen molar-refractivity contribution in [2.75, 3.05) is 0 Å². The SMILES string of the molecule is C#CCC(C)NC1CCC2CCCCC2C1. The summed E-state index contributed by atoms with van der Waals surface area (Å²) in [5.41, 5.74) is 0. The van der Waals surface area contributed by atoms with Crippen molar-refractivity contribution in [2.24, 2.45) is 11.8 Å². The van der Waals surface area contributed by atoms with Crippen LogP contribution in [-0.2, 0) is 0 Å². The minimum atomic E-state index is 0.496. The van der Waals surface area contributed by atoms with Crippen molar-refractivity contribution >= 4 is 0 Å². The van der Waals surface area contributed by atoms with Gasteiger partial charge in [0.15, 0.2) is 0 Å². The van der Waals surface area contributed by atoms with Gasteiger partial charge in [-0.05, 0) is 38.0 Å². The van der Waals surface area contributed by atoms with Crippen LogP contribution < -0.4 is 5.32 Å². The van der Waals surface area contributed by atoms with Gasteiger partial charge in [-0.15, -0.1) is 12.3 Å². The van der Waals surface area contributed by atoms with Crippen molar-refractivity contribution in [3.63, 3.8) is 0 Å². The van der Waals surface area contributed by atoms with Crippen molar-refractivity contribution in [2.45, 2.75) is 70.4 Å².